The first-order valence-corrected chi connectivity index (χ1v) is 19.4. The number of carbonyl (C=O) groups excluding carboxylic acids is 1. The number of sulfone groups is 2. The van der Waals surface area contributed by atoms with E-state index in [1.165, 1.54) is 0 Å². The fourth-order valence-corrected chi connectivity index (χ4v) is 8.22. The summed E-state index contributed by atoms with van der Waals surface area (Å²) in [6.45, 7) is 7.03. The molecule has 10 nitrogen and oxygen atoms in total. The summed E-state index contributed by atoms with van der Waals surface area (Å²) >= 11 is 0. The Bertz CT molecular complexity index is 1730. The molecule has 3 atom stereocenters. The third-order valence-electron chi connectivity index (χ3n) is 8.10. The van der Waals surface area contributed by atoms with Gasteiger partial charge in [-0.1, -0.05) is 74.5 Å². The molecule has 2 N–H and O–H groups in total. The second-order valence-electron chi connectivity index (χ2n) is 11.7. The average Bonchev–Trinajstić information content (AvgIpc) is 3.43. The molecule has 0 aromatic heterocycles. The van der Waals surface area contributed by atoms with Crippen LogP contribution in [0.4, 0.5) is 0 Å². The minimum Gasteiger partial charge on any atom is -0.480 e. The molecule has 1 heterocycles. The first kappa shape index (κ1) is 37.9. The van der Waals surface area contributed by atoms with E-state index in [9.17, 15) is 31.5 Å². The van der Waals surface area contributed by atoms with E-state index in [2.05, 4.69) is 10.2 Å². The van der Waals surface area contributed by atoms with E-state index in [-0.39, 0.29) is 29.5 Å². The highest BCUT2D eigenvalue weighted by molar-refractivity contribution is 7.91. The van der Waals surface area contributed by atoms with Crippen molar-refractivity contribution in [2.45, 2.75) is 63.2 Å². The molecule has 1 aliphatic rings. The van der Waals surface area contributed by atoms with Gasteiger partial charge in [0.1, 0.15) is 15.9 Å². The molecule has 1 saturated heterocycles. The van der Waals surface area contributed by atoms with Crippen molar-refractivity contribution in [1.82, 2.24) is 10.2 Å². The lowest BCUT2D eigenvalue weighted by Crippen LogP contribution is -2.42. The molecule has 2 unspecified atom stereocenters. The van der Waals surface area contributed by atoms with Crippen LogP contribution in [0.5, 0.6) is 0 Å². The minimum absolute atomic E-state index is 0.0329. The zero-order valence-corrected chi connectivity index (χ0v) is 29.3. The topological polar surface area (TPSA) is 147 Å². The van der Waals surface area contributed by atoms with Gasteiger partial charge in [-0.2, -0.15) is 0 Å². The van der Waals surface area contributed by atoms with Crippen LogP contribution >= 0.6 is 0 Å². The molecule has 256 valence electrons. The molecule has 0 saturated carbocycles. The van der Waals surface area contributed by atoms with Crippen molar-refractivity contribution in [2.75, 3.05) is 32.3 Å². The van der Waals surface area contributed by atoms with Crippen molar-refractivity contribution < 1.29 is 36.3 Å². The van der Waals surface area contributed by atoms with E-state index < -0.39 is 42.8 Å². The van der Waals surface area contributed by atoms with Crippen molar-refractivity contribution >= 4 is 31.6 Å². The number of hydrogen-bond donors (Lipinski definition) is 2. The van der Waals surface area contributed by atoms with Crippen LogP contribution in [-0.2, 0) is 41.5 Å². The molecule has 3 aromatic rings. The molecule has 0 radical (unpaired) electrons. The second kappa shape index (κ2) is 17.0. The van der Waals surface area contributed by atoms with E-state index in [1.54, 1.807) is 19.2 Å². The highest BCUT2D eigenvalue weighted by Gasteiger charge is 2.39. The normalized spacial score (nSPS) is 17.4. The van der Waals surface area contributed by atoms with Crippen LogP contribution in [0, 0.1) is 6.92 Å². The van der Waals surface area contributed by atoms with Crippen LogP contribution in [0.1, 0.15) is 53.7 Å². The van der Waals surface area contributed by atoms with Crippen molar-refractivity contribution in [3.63, 3.8) is 0 Å². The van der Waals surface area contributed by atoms with Crippen LogP contribution in [0.25, 0.3) is 11.1 Å². The van der Waals surface area contributed by atoms with Crippen molar-refractivity contribution in [2.24, 2.45) is 0 Å². The number of nitrogens with zero attached hydrogens (tertiary/aromatic N) is 1. The lowest BCUT2D eigenvalue weighted by molar-refractivity contribution is -0.139. The standard InChI is InChI=1S/C33H40N2O8S2.C2H6/c1-23-9-7-8-12-28(23)30-17-25(13-14-29(30)32(36)34-31(33(37)38)15-16-44(3,39)40)19-35-20-27(18-26(35)21-43-2)45(41,42)22-24-10-5-4-6-11-24;1-2/h4-14,17,26-27,31H,15-16,18-22H2,1-3H3,(H,34,36)(H,37,38);1-2H3/t26?,27-,31?;/m0./s1. The summed E-state index contributed by atoms with van der Waals surface area (Å²) in [4.78, 5) is 27.4. The van der Waals surface area contributed by atoms with Crippen LogP contribution in [0.3, 0.4) is 0 Å². The number of likely N-dealkylation sites (tertiary alicyclic amines) is 1. The zero-order chi connectivity index (χ0) is 34.8. The van der Waals surface area contributed by atoms with E-state index in [1.807, 2.05) is 81.4 Å². The fraction of sp³-hybridized carbons (Fsp3) is 0.429. The summed E-state index contributed by atoms with van der Waals surface area (Å²) in [5.41, 5.74) is 4.12. The Labute approximate surface area is 279 Å². The predicted molar refractivity (Wildman–Crippen MR) is 185 cm³/mol. The number of aliphatic carboxylic acids is 1. The number of hydrogen-bond acceptors (Lipinski definition) is 8. The number of rotatable bonds is 14. The van der Waals surface area contributed by atoms with Gasteiger partial charge in [0.05, 0.1) is 23.4 Å². The number of carbonyl (C=O) groups is 2. The molecule has 0 bridgehead atoms. The number of carboxylic acids is 1. The smallest absolute Gasteiger partial charge is 0.326 e. The Hall–Kier alpha value is -3.58. The van der Waals surface area contributed by atoms with Crippen molar-refractivity contribution in [1.29, 1.82) is 0 Å². The number of nitrogens with one attached hydrogen (secondary N) is 1. The monoisotopic (exact) mass is 686 g/mol. The van der Waals surface area contributed by atoms with Gasteiger partial charge in [-0.15, -0.1) is 0 Å². The first-order chi connectivity index (χ1) is 22.3. The maximum Gasteiger partial charge on any atom is 0.326 e. The van der Waals surface area contributed by atoms with Gasteiger partial charge in [0.2, 0.25) is 0 Å². The summed E-state index contributed by atoms with van der Waals surface area (Å²) in [5.74, 6) is -2.37. The third-order valence-corrected chi connectivity index (χ3v) is 11.2. The van der Waals surface area contributed by atoms with Crippen molar-refractivity contribution in [3.8, 4) is 11.1 Å². The van der Waals surface area contributed by atoms with E-state index in [0.29, 0.717) is 31.7 Å². The van der Waals surface area contributed by atoms with Crippen LogP contribution in [0.15, 0.2) is 72.8 Å². The average molecular weight is 687 g/mol. The number of benzene rings is 3. The number of carboxylic acid groups (broad SMARTS) is 1. The van der Waals surface area contributed by atoms with Crippen molar-refractivity contribution in [3.05, 3.63) is 95.1 Å². The summed E-state index contributed by atoms with van der Waals surface area (Å²) in [6.07, 6.45) is 1.20. The molecule has 1 aliphatic heterocycles. The van der Waals surface area contributed by atoms with Gasteiger partial charge >= 0.3 is 5.97 Å². The van der Waals surface area contributed by atoms with E-state index in [0.717, 1.165) is 28.5 Å². The van der Waals surface area contributed by atoms with Crippen LogP contribution in [0.2, 0.25) is 0 Å². The molecular formula is C35H46N2O8S2. The lowest BCUT2D eigenvalue weighted by atomic mass is 9.93. The van der Waals surface area contributed by atoms with Gasteiger partial charge in [-0.25, -0.2) is 21.6 Å². The summed E-state index contributed by atoms with van der Waals surface area (Å²) in [7, 11) is -5.27. The minimum atomic E-state index is -3.43. The summed E-state index contributed by atoms with van der Waals surface area (Å²) in [5, 5.41) is 11.6. The van der Waals surface area contributed by atoms with Gasteiger partial charge in [0.25, 0.3) is 5.91 Å². The maximum absolute atomic E-state index is 13.5. The van der Waals surface area contributed by atoms with Gasteiger partial charge in [0, 0.05) is 38.1 Å². The van der Waals surface area contributed by atoms with Gasteiger partial charge < -0.3 is 15.2 Å². The lowest BCUT2D eigenvalue weighted by Gasteiger charge is -2.24. The molecule has 4 rings (SSSR count). The Morgan fingerprint density at radius 1 is 0.957 bits per heavy atom. The van der Waals surface area contributed by atoms with Crippen LogP contribution < -0.4 is 5.32 Å². The SMILES string of the molecule is CC.COCC1C[C@H](S(=O)(=O)Cc2ccccc2)CN1Cc1ccc(C(=O)NC(CCS(C)(=O)=O)C(=O)O)c(-c2ccccc2C)c1. The highest BCUT2D eigenvalue weighted by atomic mass is 32.2. The molecule has 1 fully saturated rings. The largest absolute Gasteiger partial charge is 0.480 e. The quantitative estimate of drug-likeness (QED) is 0.250. The Morgan fingerprint density at radius 2 is 1.62 bits per heavy atom. The highest BCUT2D eigenvalue weighted by Crippen LogP contribution is 2.31. The predicted octanol–water partition coefficient (Wildman–Crippen LogP) is 4.51. The molecule has 12 heteroatoms. The number of ether oxygens (including phenoxy) is 1. The molecule has 0 aliphatic carbocycles. The molecule has 47 heavy (non-hydrogen) atoms. The Balaban J connectivity index is 0.00000294. The Morgan fingerprint density at radius 3 is 2.23 bits per heavy atom. The molecular weight excluding hydrogens is 641 g/mol. The number of amides is 1. The fourth-order valence-electron chi connectivity index (χ4n) is 5.73. The molecule has 0 spiro atoms. The molecule has 3 aromatic carbocycles. The van der Waals surface area contributed by atoms with Gasteiger partial charge in [0.15, 0.2) is 9.84 Å². The second-order valence-corrected chi connectivity index (χ2v) is 16.2. The van der Waals surface area contributed by atoms with Gasteiger partial charge in [-0.05, 0) is 59.7 Å². The molecule has 1 amide bonds. The maximum atomic E-state index is 13.5. The summed E-state index contributed by atoms with van der Waals surface area (Å²) < 4.78 is 55.5. The first-order valence-electron chi connectivity index (χ1n) is 15.7. The zero-order valence-electron chi connectivity index (χ0n) is 27.7. The van der Waals surface area contributed by atoms with E-state index >= 15 is 0 Å². The summed E-state index contributed by atoms with van der Waals surface area (Å²) in [6, 6.07) is 20.4. The van der Waals surface area contributed by atoms with E-state index in [4.69, 9.17) is 4.74 Å². The number of methoxy groups -OCH3 is 1. The van der Waals surface area contributed by atoms with Crippen LogP contribution in [-0.4, -0.2) is 88.3 Å². The van der Waals surface area contributed by atoms with Gasteiger partial charge in [-0.3, -0.25) is 9.69 Å². The Kier molecular flexibility index (Phi) is 13.7. The number of aryl methyl sites for hydroxylation is 1. The third kappa shape index (κ3) is 10.7.